The predicted octanol–water partition coefficient (Wildman–Crippen LogP) is 2.31. The first-order valence-corrected chi connectivity index (χ1v) is 6.98. The van der Waals surface area contributed by atoms with Crippen molar-refractivity contribution < 1.29 is 4.79 Å². The Morgan fingerprint density at radius 1 is 1.12 bits per heavy atom. The summed E-state index contributed by atoms with van der Waals surface area (Å²) in [6.45, 7) is 10.5. The molecule has 0 aromatic rings. The van der Waals surface area contributed by atoms with Gasteiger partial charge in [0.1, 0.15) is 0 Å². The summed E-state index contributed by atoms with van der Waals surface area (Å²) in [6.07, 6.45) is 3.88. The van der Waals surface area contributed by atoms with Gasteiger partial charge in [0.25, 0.3) is 0 Å². The monoisotopic (exact) mass is 240 g/mol. The maximum absolute atomic E-state index is 11.9. The summed E-state index contributed by atoms with van der Waals surface area (Å²) in [5, 5.41) is 6.47. The molecule has 3 unspecified atom stereocenters. The van der Waals surface area contributed by atoms with E-state index >= 15 is 0 Å². The molecule has 1 aliphatic carbocycles. The van der Waals surface area contributed by atoms with E-state index in [9.17, 15) is 4.79 Å². The minimum Gasteiger partial charge on any atom is -0.353 e. The van der Waals surface area contributed by atoms with Crippen LogP contribution in [0.4, 0.5) is 0 Å². The fourth-order valence-corrected chi connectivity index (χ4v) is 2.78. The van der Waals surface area contributed by atoms with Gasteiger partial charge in [-0.05, 0) is 45.4 Å². The minimum absolute atomic E-state index is 0.0922. The van der Waals surface area contributed by atoms with Crippen LogP contribution in [0.25, 0.3) is 0 Å². The summed E-state index contributed by atoms with van der Waals surface area (Å²) in [7, 11) is 0. The quantitative estimate of drug-likeness (QED) is 0.792. The molecule has 1 amide bonds. The Labute approximate surface area is 106 Å². The highest BCUT2D eigenvalue weighted by Crippen LogP contribution is 2.29. The number of carbonyl (C=O) groups excluding carboxylic acids is 1. The molecule has 3 nitrogen and oxygen atoms in total. The van der Waals surface area contributed by atoms with Crippen molar-refractivity contribution in [2.45, 2.75) is 72.0 Å². The van der Waals surface area contributed by atoms with Crippen molar-refractivity contribution in [1.29, 1.82) is 0 Å². The fraction of sp³-hybridized carbons (Fsp3) is 0.929. The lowest BCUT2D eigenvalue weighted by molar-refractivity contribution is -0.123. The summed E-state index contributed by atoms with van der Waals surface area (Å²) < 4.78 is 0. The van der Waals surface area contributed by atoms with Gasteiger partial charge in [-0.2, -0.15) is 0 Å². The molecular formula is C14H28N2O. The number of rotatable bonds is 4. The molecule has 3 heteroatoms. The molecule has 0 aliphatic heterocycles. The Bertz CT molecular complexity index is 243. The van der Waals surface area contributed by atoms with Crippen LogP contribution in [-0.2, 0) is 4.79 Å². The van der Waals surface area contributed by atoms with Crippen LogP contribution in [0.2, 0.25) is 0 Å². The molecule has 17 heavy (non-hydrogen) atoms. The molecule has 0 bridgehead atoms. The summed E-state index contributed by atoms with van der Waals surface area (Å²) in [4.78, 5) is 11.9. The largest absolute Gasteiger partial charge is 0.353 e. The maximum Gasteiger partial charge on any atom is 0.237 e. The fourth-order valence-electron chi connectivity index (χ4n) is 2.78. The summed E-state index contributed by atoms with van der Waals surface area (Å²) in [6, 6.07) is 0.606. The second-order valence-electron chi connectivity index (χ2n) is 5.96. The van der Waals surface area contributed by atoms with Crippen LogP contribution in [0.1, 0.15) is 53.9 Å². The normalized spacial score (nSPS) is 31.3. The standard InChI is InChI=1S/C14H28N2O/c1-9(2)15-14(17)12(5)16-13-10(3)7-6-8-11(13)4/h9-13,16H,6-8H2,1-5H3,(H,15,17). The van der Waals surface area contributed by atoms with Gasteiger partial charge in [0.15, 0.2) is 0 Å². The van der Waals surface area contributed by atoms with Gasteiger partial charge in [0.2, 0.25) is 5.91 Å². The lowest BCUT2D eigenvalue weighted by Gasteiger charge is -2.37. The van der Waals surface area contributed by atoms with Crippen molar-refractivity contribution in [3.63, 3.8) is 0 Å². The zero-order chi connectivity index (χ0) is 13.0. The summed E-state index contributed by atoms with van der Waals surface area (Å²) >= 11 is 0. The van der Waals surface area contributed by atoms with Gasteiger partial charge in [-0.1, -0.05) is 20.3 Å². The average Bonchev–Trinajstić information content (AvgIpc) is 2.22. The summed E-state index contributed by atoms with van der Waals surface area (Å²) in [5.41, 5.74) is 0. The van der Waals surface area contributed by atoms with Crippen LogP contribution in [-0.4, -0.2) is 24.0 Å². The third kappa shape index (κ3) is 4.30. The topological polar surface area (TPSA) is 41.1 Å². The molecular weight excluding hydrogens is 212 g/mol. The number of nitrogens with one attached hydrogen (secondary N) is 2. The van der Waals surface area contributed by atoms with E-state index < -0.39 is 0 Å². The predicted molar refractivity (Wildman–Crippen MR) is 71.8 cm³/mol. The van der Waals surface area contributed by atoms with Crippen molar-refractivity contribution in [2.24, 2.45) is 11.8 Å². The van der Waals surface area contributed by atoms with E-state index in [1.807, 2.05) is 20.8 Å². The molecule has 1 rings (SSSR count). The maximum atomic E-state index is 11.9. The highest BCUT2D eigenvalue weighted by Gasteiger charge is 2.29. The molecule has 0 heterocycles. The number of hydrogen-bond acceptors (Lipinski definition) is 2. The smallest absolute Gasteiger partial charge is 0.237 e. The van der Waals surface area contributed by atoms with E-state index in [0.29, 0.717) is 17.9 Å². The van der Waals surface area contributed by atoms with Gasteiger partial charge < -0.3 is 10.6 Å². The minimum atomic E-state index is -0.0922. The second-order valence-corrected chi connectivity index (χ2v) is 5.96. The van der Waals surface area contributed by atoms with Crippen LogP contribution in [0.15, 0.2) is 0 Å². The van der Waals surface area contributed by atoms with Gasteiger partial charge in [-0.3, -0.25) is 4.79 Å². The summed E-state index contributed by atoms with van der Waals surface area (Å²) in [5.74, 6) is 1.46. The van der Waals surface area contributed by atoms with Crippen LogP contribution in [0.5, 0.6) is 0 Å². The average molecular weight is 240 g/mol. The van der Waals surface area contributed by atoms with Gasteiger partial charge in [0.05, 0.1) is 6.04 Å². The molecule has 100 valence electrons. The zero-order valence-corrected chi connectivity index (χ0v) is 11.9. The first kappa shape index (κ1) is 14.5. The molecule has 0 aromatic heterocycles. The molecule has 0 aromatic carbocycles. The highest BCUT2D eigenvalue weighted by molar-refractivity contribution is 5.81. The van der Waals surface area contributed by atoms with Crippen molar-refractivity contribution in [3.8, 4) is 0 Å². The molecule has 1 fully saturated rings. The third-order valence-corrected chi connectivity index (χ3v) is 3.81. The van der Waals surface area contributed by atoms with Crippen LogP contribution < -0.4 is 10.6 Å². The Morgan fingerprint density at radius 3 is 2.12 bits per heavy atom. The first-order valence-electron chi connectivity index (χ1n) is 6.98. The molecule has 0 spiro atoms. The van der Waals surface area contributed by atoms with E-state index in [4.69, 9.17) is 0 Å². The van der Waals surface area contributed by atoms with E-state index in [2.05, 4.69) is 24.5 Å². The van der Waals surface area contributed by atoms with E-state index in [1.165, 1.54) is 19.3 Å². The Hall–Kier alpha value is -0.570. The van der Waals surface area contributed by atoms with Crippen LogP contribution >= 0.6 is 0 Å². The highest BCUT2D eigenvalue weighted by atomic mass is 16.2. The Morgan fingerprint density at radius 2 is 1.65 bits per heavy atom. The number of hydrogen-bond donors (Lipinski definition) is 2. The lowest BCUT2D eigenvalue weighted by Crippen LogP contribution is -2.53. The second kappa shape index (κ2) is 6.39. The van der Waals surface area contributed by atoms with Gasteiger partial charge in [-0.25, -0.2) is 0 Å². The van der Waals surface area contributed by atoms with E-state index in [0.717, 1.165) is 0 Å². The van der Waals surface area contributed by atoms with Gasteiger partial charge >= 0.3 is 0 Å². The van der Waals surface area contributed by atoms with Crippen molar-refractivity contribution >= 4 is 5.91 Å². The van der Waals surface area contributed by atoms with Gasteiger partial charge in [0, 0.05) is 12.1 Å². The Kier molecular flexibility index (Phi) is 5.44. The Balaban J connectivity index is 2.48. The third-order valence-electron chi connectivity index (χ3n) is 3.81. The first-order chi connectivity index (χ1) is 7.91. The number of amides is 1. The molecule has 0 saturated heterocycles. The molecule has 1 saturated carbocycles. The molecule has 0 radical (unpaired) electrons. The lowest BCUT2D eigenvalue weighted by atomic mass is 9.78. The van der Waals surface area contributed by atoms with E-state index in [1.54, 1.807) is 0 Å². The molecule has 1 aliphatic rings. The molecule has 2 N–H and O–H groups in total. The van der Waals surface area contributed by atoms with Crippen molar-refractivity contribution in [3.05, 3.63) is 0 Å². The van der Waals surface area contributed by atoms with E-state index in [-0.39, 0.29) is 18.0 Å². The van der Waals surface area contributed by atoms with Crippen molar-refractivity contribution in [1.82, 2.24) is 10.6 Å². The van der Waals surface area contributed by atoms with Crippen molar-refractivity contribution in [2.75, 3.05) is 0 Å². The SMILES string of the molecule is CC(C)NC(=O)C(C)NC1C(C)CCCC1C. The molecule has 3 atom stereocenters. The van der Waals surface area contributed by atoms with Crippen LogP contribution in [0, 0.1) is 11.8 Å². The number of carbonyl (C=O) groups is 1. The van der Waals surface area contributed by atoms with Crippen LogP contribution in [0.3, 0.4) is 0 Å². The van der Waals surface area contributed by atoms with Gasteiger partial charge in [-0.15, -0.1) is 0 Å². The zero-order valence-electron chi connectivity index (χ0n) is 11.9.